The molecule has 0 radical (unpaired) electrons. The fraction of sp³-hybridized carbons (Fsp3) is 0.0714. The first-order chi connectivity index (χ1) is 8.63. The molecule has 4 heteroatoms. The fourth-order valence-electron chi connectivity index (χ4n) is 2.26. The van der Waals surface area contributed by atoms with Crippen LogP contribution in [0.1, 0.15) is 5.56 Å². The molecule has 0 bridgehead atoms. The monoisotopic (exact) mass is 240 g/mol. The summed E-state index contributed by atoms with van der Waals surface area (Å²) >= 11 is 0. The van der Waals surface area contributed by atoms with Gasteiger partial charge in [-0.3, -0.25) is 4.79 Å². The molecule has 0 unspecified atom stereocenters. The van der Waals surface area contributed by atoms with E-state index in [0.29, 0.717) is 11.4 Å². The highest BCUT2D eigenvalue weighted by atomic mass is 16.3. The van der Waals surface area contributed by atoms with Crippen LogP contribution in [0.5, 0.6) is 5.75 Å². The van der Waals surface area contributed by atoms with Crippen molar-refractivity contribution in [2.75, 3.05) is 11.1 Å². The number of hydrogen-bond donors (Lipinski definition) is 3. The van der Waals surface area contributed by atoms with Gasteiger partial charge in [0.25, 0.3) is 0 Å². The molecule has 2 aromatic rings. The van der Waals surface area contributed by atoms with Crippen molar-refractivity contribution in [3.05, 3.63) is 42.0 Å². The molecule has 0 spiro atoms. The van der Waals surface area contributed by atoms with Crippen molar-refractivity contribution < 1.29 is 9.90 Å². The fourth-order valence-corrected chi connectivity index (χ4v) is 2.26. The lowest BCUT2D eigenvalue weighted by Gasteiger charge is -2.09. The van der Waals surface area contributed by atoms with Crippen molar-refractivity contribution >= 4 is 17.3 Å². The van der Waals surface area contributed by atoms with Crippen LogP contribution in [0.3, 0.4) is 0 Å². The first kappa shape index (κ1) is 10.7. The number of amides is 1. The largest absolute Gasteiger partial charge is 0.508 e. The van der Waals surface area contributed by atoms with E-state index in [-0.39, 0.29) is 18.1 Å². The molecule has 3 rings (SSSR count). The number of phenols is 1. The van der Waals surface area contributed by atoms with E-state index in [9.17, 15) is 9.90 Å². The lowest BCUT2D eigenvalue weighted by molar-refractivity contribution is -0.115. The van der Waals surface area contributed by atoms with Crippen LogP contribution in [0, 0.1) is 0 Å². The molecule has 1 amide bonds. The van der Waals surface area contributed by atoms with E-state index in [0.717, 1.165) is 16.7 Å². The third-order valence-electron chi connectivity index (χ3n) is 3.05. The van der Waals surface area contributed by atoms with E-state index >= 15 is 0 Å². The summed E-state index contributed by atoms with van der Waals surface area (Å²) in [6, 6.07) is 10.5. The molecule has 1 aliphatic rings. The van der Waals surface area contributed by atoms with E-state index in [1.165, 1.54) is 0 Å². The number of anilines is 2. The van der Waals surface area contributed by atoms with Crippen molar-refractivity contribution in [2.45, 2.75) is 6.42 Å². The number of hydrogen-bond acceptors (Lipinski definition) is 3. The number of rotatable bonds is 0. The molecule has 0 fully saturated rings. The van der Waals surface area contributed by atoms with Crippen molar-refractivity contribution in [3.8, 4) is 16.9 Å². The lowest BCUT2D eigenvalue weighted by atomic mass is 9.97. The highest BCUT2D eigenvalue weighted by Crippen LogP contribution is 2.36. The Morgan fingerprint density at radius 2 is 1.89 bits per heavy atom. The van der Waals surface area contributed by atoms with E-state index in [4.69, 9.17) is 5.73 Å². The van der Waals surface area contributed by atoms with Gasteiger partial charge in [-0.25, -0.2) is 0 Å². The second-order valence-electron chi connectivity index (χ2n) is 4.37. The minimum Gasteiger partial charge on any atom is -0.508 e. The number of carbonyl (C=O) groups is 1. The highest BCUT2D eigenvalue weighted by molar-refractivity contribution is 6.01. The van der Waals surface area contributed by atoms with Crippen molar-refractivity contribution in [1.82, 2.24) is 0 Å². The average molecular weight is 240 g/mol. The molecule has 0 aliphatic carbocycles. The van der Waals surface area contributed by atoms with E-state index in [1.54, 1.807) is 24.3 Å². The second-order valence-corrected chi connectivity index (χ2v) is 4.37. The molecule has 18 heavy (non-hydrogen) atoms. The van der Waals surface area contributed by atoms with Crippen molar-refractivity contribution in [2.24, 2.45) is 0 Å². The molecule has 0 atom stereocenters. The topological polar surface area (TPSA) is 75.3 Å². The summed E-state index contributed by atoms with van der Waals surface area (Å²) in [4.78, 5) is 11.8. The van der Waals surface area contributed by atoms with Crippen LogP contribution >= 0.6 is 0 Å². The maximum atomic E-state index is 11.8. The quantitative estimate of drug-likeness (QED) is 0.617. The van der Waals surface area contributed by atoms with Gasteiger partial charge < -0.3 is 16.2 Å². The molecule has 1 aliphatic heterocycles. The van der Waals surface area contributed by atoms with Gasteiger partial charge in [-0.2, -0.15) is 0 Å². The number of fused-ring (bicyclic) bond motifs is 3. The van der Waals surface area contributed by atoms with Crippen LogP contribution in [-0.4, -0.2) is 11.0 Å². The number of nitrogen functional groups attached to an aromatic ring is 1. The zero-order valence-corrected chi connectivity index (χ0v) is 9.60. The molecule has 0 saturated heterocycles. The molecular weight excluding hydrogens is 228 g/mol. The minimum atomic E-state index is -0.105. The zero-order valence-electron chi connectivity index (χ0n) is 9.60. The summed E-state index contributed by atoms with van der Waals surface area (Å²) in [5.74, 6) is 0.0617. The van der Waals surface area contributed by atoms with Gasteiger partial charge in [0.2, 0.25) is 5.91 Å². The van der Waals surface area contributed by atoms with Crippen molar-refractivity contribution in [1.29, 1.82) is 0 Å². The Morgan fingerprint density at radius 1 is 1.11 bits per heavy atom. The maximum Gasteiger partial charge on any atom is 0.228 e. The third kappa shape index (κ3) is 1.68. The van der Waals surface area contributed by atoms with Gasteiger partial charge in [0, 0.05) is 11.3 Å². The Balaban J connectivity index is 2.28. The number of benzene rings is 2. The number of aromatic hydroxyl groups is 1. The average Bonchev–Trinajstić information content (AvgIpc) is 2.42. The minimum absolute atomic E-state index is 0.105. The Labute approximate surface area is 104 Å². The van der Waals surface area contributed by atoms with Crippen LogP contribution in [0.4, 0.5) is 11.4 Å². The number of nitrogens with two attached hydrogens (primary N) is 1. The highest BCUT2D eigenvalue weighted by Gasteiger charge is 2.18. The number of nitrogens with one attached hydrogen (secondary N) is 1. The van der Waals surface area contributed by atoms with Gasteiger partial charge in [0.15, 0.2) is 0 Å². The van der Waals surface area contributed by atoms with Gasteiger partial charge in [0.05, 0.1) is 12.1 Å². The number of phenolic OH excluding ortho intramolecular Hbond substituents is 1. The first-order valence-corrected chi connectivity index (χ1v) is 5.65. The summed E-state index contributed by atoms with van der Waals surface area (Å²) in [6.07, 6.45) is 0.248. The summed E-state index contributed by atoms with van der Waals surface area (Å²) in [6.45, 7) is 0. The van der Waals surface area contributed by atoms with Gasteiger partial charge >= 0.3 is 0 Å². The van der Waals surface area contributed by atoms with E-state index in [1.807, 2.05) is 12.1 Å². The van der Waals surface area contributed by atoms with Crippen LogP contribution in [0.15, 0.2) is 36.4 Å². The number of carbonyl (C=O) groups excluding carboxylic acids is 1. The Bertz CT molecular complexity index is 595. The smallest absolute Gasteiger partial charge is 0.228 e. The zero-order chi connectivity index (χ0) is 12.7. The predicted molar refractivity (Wildman–Crippen MR) is 70.3 cm³/mol. The van der Waals surface area contributed by atoms with Crippen molar-refractivity contribution in [3.63, 3.8) is 0 Å². The standard InChI is InChI=1S/C14H12N2O2/c15-9-1-3-12-11-4-2-10(17)5-8(11)6-14(18)16-13(12)7-9/h1-5,7,17H,6,15H2,(H,16,18). The van der Waals surface area contributed by atoms with Gasteiger partial charge in [-0.05, 0) is 35.4 Å². The maximum absolute atomic E-state index is 11.8. The van der Waals surface area contributed by atoms with Gasteiger partial charge in [-0.1, -0.05) is 12.1 Å². The molecule has 4 nitrogen and oxygen atoms in total. The molecule has 4 N–H and O–H groups in total. The first-order valence-electron chi connectivity index (χ1n) is 5.65. The third-order valence-corrected chi connectivity index (χ3v) is 3.05. The lowest BCUT2D eigenvalue weighted by Crippen LogP contribution is -2.12. The van der Waals surface area contributed by atoms with Crippen LogP contribution in [0.2, 0.25) is 0 Å². The second kappa shape index (κ2) is 3.77. The SMILES string of the molecule is Nc1ccc2c(c1)NC(=O)Cc1cc(O)ccc1-2. The van der Waals surface area contributed by atoms with Gasteiger partial charge in [-0.15, -0.1) is 0 Å². The Hall–Kier alpha value is -2.49. The van der Waals surface area contributed by atoms with E-state index in [2.05, 4.69) is 5.32 Å². The van der Waals surface area contributed by atoms with E-state index < -0.39 is 0 Å². The van der Waals surface area contributed by atoms with Crippen LogP contribution in [0.25, 0.3) is 11.1 Å². The molecule has 0 aromatic heterocycles. The Kier molecular flexibility index (Phi) is 2.23. The van der Waals surface area contributed by atoms with Crippen LogP contribution < -0.4 is 11.1 Å². The molecular formula is C14H12N2O2. The molecule has 2 aromatic carbocycles. The summed E-state index contributed by atoms with van der Waals surface area (Å²) in [5.41, 5.74) is 9.73. The summed E-state index contributed by atoms with van der Waals surface area (Å²) in [7, 11) is 0. The summed E-state index contributed by atoms with van der Waals surface area (Å²) in [5, 5.41) is 12.3. The van der Waals surface area contributed by atoms with Crippen LogP contribution in [-0.2, 0) is 11.2 Å². The molecule has 0 saturated carbocycles. The normalized spacial score (nSPS) is 13.2. The Morgan fingerprint density at radius 3 is 2.72 bits per heavy atom. The van der Waals surface area contributed by atoms with Gasteiger partial charge in [0.1, 0.15) is 5.75 Å². The molecule has 1 heterocycles. The summed E-state index contributed by atoms with van der Waals surface area (Å²) < 4.78 is 0. The molecule has 90 valence electrons. The predicted octanol–water partition coefficient (Wildman–Crippen LogP) is 2.14.